The molecule has 0 aliphatic carbocycles. The van der Waals surface area contributed by atoms with Gasteiger partial charge in [-0.3, -0.25) is 4.99 Å². The van der Waals surface area contributed by atoms with Crippen molar-refractivity contribution < 1.29 is 0 Å². The highest BCUT2D eigenvalue weighted by molar-refractivity contribution is 6.48. The molecule has 4 rings (SSSR count). The molecule has 2 aliphatic heterocycles. The van der Waals surface area contributed by atoms with E-state index in [9.17, 15) is 0 Å². The normalized spacial score (nSPS) is 19.7. The second-order valence-corrected chi connectivity index (χ2v) is 7.80. The summed E-state index contributed by atoms with van der Waals surface area (Å²) in [7, 11) is 0. The summed E-state index contributed by atoms with van der Waals surface area (Å²) in [6, 6.07) is 14.6. The molecule has 4 N–H and O–H groups in total. The number of halogens is 1. The minimum atomic E-state index is 0.0963. The van der Waals surface area contributed by atoms with Crippen LogP contribution in [0.25, 0.3) is 5.57 Å². The van der Waals surface area contributed by atoms with Crippen LogP contribution in [-0.2, 0) is 0 Å². The van der Waals surface area contributed by atoms with Gasteiger partial charge in [0.2, 0.25) is 0 Å². The molecule has 0 bridgehead atoms. The molecule has 2 aromatic carbocycles. The van der Waals surface area contributed by atoms with Gasteiger partial charge in [0, 0.05) is 18.7 Å². The molecule has 0 amide bonds. The van der Waals surface area contributed by atoms with Gasteiger partial charge in [-0.15, -0.1) is 0 Å². The molecule has 1 unspecified atom stereocenters. The number of rotatable bonds is 4. The molecule has 2 aromatic rings. The minimum absolute atomic E-state index is 0.0963. The number of nitrogens with zero attached hydrogens (tertiary/aromatic N) is 2. The van der Waals surface area contributed by atoms with Crippen molar-refractivity contribution in [3.8, 4) is 0 Å². The number of para-hydroxylation sites is 1. The lowest BCUT2D eigenvalue weighted by atomic mass is 9.89. The van der Waals surface area contributed by atoms with Gasteiger partial charge in [0.25, 0.3) is 0 Å². The molecule has 5 nitrogen and oxygen atoms in total. The third kappa shape index (κ3) is 4.21. The Bertz CT molecular complexity index is 993. The Morgan fingerprint density at radius 1 is 1.28 bits per heavy atom. The Morgan fingerprint density at radius 2 is 2.14 bits per heavy atom. The fraction of sp³-hybridized carbons (Fsp3) is 0.304. The van der Waals surface area contributed by atoms with E-state index in [4.69, 9.17) is 22.4 Å². The van der Waals surface area contributed by atoms with Gasteiger partial charge in [0.1, 0.15) is 0 Å². The van der Waals surface area contributed by atoms with Crippen LogP contribution in [0.1, 0.15) is 42.5 Å². The molecule has 2 heterocycles. The Balaban J connectivity index is 1.78. The maximum absolute atomic E-state index is 6.42. The van der Waals surface area contributed by atoms with E-state index < -0.39 is 0 Å². The standard InChI is InChI=1S/C23H26ClN5/c1-15(29-25)23-18-7-6-17(16-8-11-26-12-9-16)14-19(18)21(10-13-27-23)28-22-5-3-2-4-20(22)24/h2-8,14,21,26,28H,9-13,25H2,1H3. The fourth-order valence-corrected chi connectivity index (χ4v) is 4.17. The molecule has 1 atom stereocenters. The number of hydrazone groups is 1. The van der Waals surface area contributed by atoms with Gasteiger partial charge in [0.05, 0.1) is 28.2 Å². The Morgan fingerprint density at radius 3 is 2.90 bits per heavy atom. The topological polar surface area (TPSA) is 74.8 Å². The third-order valence-electron chi connectivity index (χ3n) is 5.54. The molecule has 2 aliphatic rings. The van der Waals surface area contributed by atoms with E-state index in [1.807, 2.05) is 31.2 Å². The minimum Gasteiger partial charge on any atom is -0.377 e. The quantitative estimate of drug-likeness (QED) is 0.399. The molecule has 0 aromatic heterocycles. The first-order valence-corrected chi connectivity index (χ1v) is 10.4. The summed E-state index contributed by atoms with van der Waals surface area (Å²) in [4.78, 5) is 4.80. The SMILES string of the molecule is CC(=NN)C1=NCCC(Nc2ccccc2Cl)c2cc(C3=CCNCC3)ccc21. The summed E-state index contributed by atoms with van der Waals surface area (Å²) in [5.41, 5.74) is 7.49. The summed E-state index contributed by atoms with van der Waals surface area (Å²) in [5, 5.41) is 11.7. The van der Waals surface area contributed by atoms with Crippen LogP contribution in [-0.4, -0.2) is 31.1 Å². The van der Waals surface area contributed by atoms with Crippen LogP contribution in [0.2, 0.25) is 5.02 Å². The smallest absolute Gasteiger partial charge is 0.0879 e. The lowest BCUT2D eigenvalue weighted by molar-refractivity contribution is 0.711. The number of nitrogens with one attached hydrogen (secondary N) is 2. The van der Waals surface area contributed by atoms with E-state index in [1.165, 1.54) is 16.7 Å². The van der Waals surface area contributed by atoms with Crippen molar-refractivity contribution >= 4 is 34.3 Å². The summed E-state index contributed by atoms with van der Waals surface area (Å²) in [5.74, 6) is 5.59. The summed E-state index contributed by atoms with van der Waals surface area (Å²) in [6.45, 7) is 4.53. The average molecular weight is 408 g/mol. The molecule has 0 radical (unpaired) electrons. The Hall–Kier alpha value is -2.63. The first kappa shape index (κ1) is 19.7. The number of fused-ring (bicyclic) bond motifs is 1. The van der Waals surface area contributed by atoms with Gasteiger partial charge >= 0.3 is 0 Å². The maximum atomic E-state index is 6.42. The molecular formula is C23H26ClN5. The second kappa shape index (κ2) is 8.80. The van der Waals surface area contributed by atoms with E-state index in [2.05, 4.69) is 40.0 Å². The van der Waals surface area contributed by atoms with E-state index in [1.54, 1.807) is 0 Å². The molecule has 150 valence electrons. The first-order valence-electron chi connectivity index (χ1n) is 10.0. The van der Waals surface area contributed by atoms with Crippen LogP contribution in [0.4, 0.5) is 5.69 Å². The summed E-state index contributed by atoms with van der Waals surface area (Å²) >= 11 is 6.42. The Kier molecular flexibility index (Phi) is 5.97. The van der Waals surface area contributed by atoms with Gasteiger partial charge < -0.3 is 16.5 Å². The summed E-state index contributed by atoms with van der Waals surface area (Å²) in [6.07, 6.45) is 4.18. The molecule has 29 heavy (non-hydrogen) atoms. The van der Waals surface area contributed by atoms with Crippen molar-refractivity contribution in [2.75, 3.05) is 25.0 Å². The van der Waals surface area contributed by atoms with Gasteiger partial charge in [-0.1, -0.05) is 41.9 Å². The lowest BCUT2D eigenvalue weighted by Crippen LogP contribution is -2.21. The lowest BCUT2D eigenvalue weighted by Gasteiger charge is -2.23. The number of anilines is 1. The van der Waals surface area contributed by atoms with Crippen LogP contribution in [0.3, 0.4) is 0 Å². The largest absolute Gasteiger partial charge is 0.377 e. The molecule has 0 fully saturated rings. The highest BCUT2D eigenvalue weighted by Gasteiger charge is 2.24. The van der Waals surface area contributed by atoms with Gasteiger partial charge in [-0.25, -0.2) is 0 Å². The number of hydrogen-bond acceptors (Lipinski definition) is 5. The zero-order valence-electron chi connectivity index (χ0n) is 16.6. The van der Waals surface area contributed by atoms with Crippen LogP contribution in [0, 0.1) is 0 Å². The van der Waals surface area contributed by atoms with Crippen molar-refractivity contribution in [2.24, 2.45) is 15.9 Å². The highest BCUT2D eigenvalue weighted by atomic mass is 35.5. The van der Waals surface area contributed by atoms with Crippen LogP contribution < -0.4 is 16.5 Å². The van der Waals surface area contributed by atoms with E-state index in [0.29, 0.717) is 6.54 Å². The van der Waals surface area contributed by atoms with Crippen molar-refractivity contribution in [2.45, 2.75) is 25.8 Å². The first-order chi connectivity index (χ1) is 14.2. The predicted octanol–water partition coefficient (Wildman–Crippen LogP) is 4.40. The summed E-state index contributed by atoms with van der Waals surface area (Å²) < 4.78 is 0. The maximum Gasteiger partial charge on any atom is 0.0879 e. The van der Waals surface area contributed by atoms with Crippen molar-refractivity contribution in [3.63, 3.8) is 0 Å². The zero-order valence-corrected chi connectivity index (χ0v) is 17.3. The number of hydrogen-bond donors (Lipinski definition) is 3. The van der Waals surface area contributed by atoms with Crippen LogP contribution in [0.15, 0.2) is 58.6 Å². The highest BCUT2D eigenvalue weighted by Crippen LogP contribution is 2.34. The molecular weight excluding hydrogens is 382 g/mol. The molecule has 0 saturated heterocycles. The van der Waals surface area contributed by atoms with Gasteiger partial charge in [0.15, 0.2) is 0 Å². The van der Waals surface area contributed by atoms with Crippen molar-refractivity contribution in [1.82, 2.24) is 5.32 Å². The third-order valence-corrected chi connectivity index (χ3v) is 5.87. The molecule has 0 spiro atoms. The van der Waals surface area contributed by atoms with Crippen molar-refractivity contribution in [1.29, 1.82) is 0 Å². The number of benzene rings is 2. The predicted molar refractivity (Wildman–Crippen MR) is 123 cm³/mol. The van der Waals surface area contributed by atoms with Gasteiger partial charge in [-0.05, 0) is 61.2 Å². The molecule has 0 saturated carbocycles. The second-order valence-electron chi connectivity index (χ2n) is 7.40. The van der Waals surface area contributed by atoms with E-state index in [-0.39, 0.29) is 6.04 Å². The molecule has 6 heteroatoms. The van der Waals surface area contributed by atoms with Crippen LogP contribution in [0.5, 0.6) is 0 Å². The average Bonchev–Trinajstić information content (AvgIpc) is 2.94. The van der Waals surface area contributed by atoms with Gasteiger partial charge in [-0.2, -0.15) is 5.10 Å². The monoisotopic (exact) mass is 407 g/mol. The van der Waals surface area contributed by atoms with E-state index in [0.717, 1.165) is 53.6 Å². The number of nitrogens with two attached hydrogens (primary N) is 1. The van der Waals surface area contributed by atoms with Crippen LogP contribution >= 0.6 is 11.6 Å². The number of aliphatic imine (C=N–C) groups is 1. The Labute approximate surface area is 176 Å². The fourth-order valence-electron chi connectivity index (χ4n) is 3.98. The van der Waals surface area contributed by atoms with E-state index >= 15 is 0 Å². The zero-order chi connectivity index (χ0) is 20.2. The van der Waals surface area contributed by atoms with Crippen molar-refractivity contribution in [3.05, 3.63) is 70.3 Å².